The monoisotopic (exact) mass is 416 g/mol. The smallest absolute Gasteiger partial charge is 0.193 e. The van der Waals surface area contributed by atoms with Gasteiger partial charge in [-0.05, 0) is 30.3 Å². The molecule has 0 saturated heterocycles. The van der Waals surface area contributed by atoms with E-state index < -0.39 is 8.32 Å². The topological polar surface area (TPSA) is 18.5 Å². The molecule has 0 spiro atoms. The fourth-order valence-corrected chi connectivity index (χ4v) is 7.06. The Balaban J connectivity index is 1.92. The van der Waals surface area contributed by atoms with Gasteiger partial charge >= 0.3 is 0 Å². The van der Waals surface area contributed by atoms with E-state index in [1.165, 1.54) is 0 Å². The zero-order valence-electron chi connectivity index (χ0n) is 15.1. The van der Waals surface area contributed by atoms with Gasteiger partial charge in [0.15, 0.2) is 8.32 Å². The molecule has 0 aromatic heterocycles. The van der Waals surface area contributed by atoms with Gasteiger partial charge in [0.2, 0.25) is 0 Å². The van der Waals surface area contributed by atoms with Gasteiger partial charge in [-0.15, -0.1) is 0 Å². The van der Waals surface area contributed by atoms with Crippen molar-refractivity contribution < 1.29 is 9.16 Å². The Morgan fingerprint density at radius 1 is 1.04 bits per heavy atom. The van der Waals surface area contributed by atoms with Crippen molar-refractivity contribution in [3.63, 3.8) is 0 Å². The highest BCUT2D eigenvalue weighted by Gasteiger charge is 2.43. The van der Waals surface area contributed by atoms with Gasteiger partial charge in [0.05, 0.1) is 0 Å². The Morgan fingerprint density at radius 2 is 1.72 bits per heavy atom. The molecule has 2 heterocycles. The van der Waals surface area contributed by atoms with Gasteiger partial charge in [-0.3, -0.25) is 0 Å². The summed E-state index contributed by atoms with van der Waals surface area (Å²) >= 11 is 3.81. The minimum Gasteiger partial charge on any atom is -0.406 e. The normalized spacial score (nSPS) is 25.0. The summed E-state index contributed by atoms with van der Waals surface area (Å²) in [7, 11) is -1.73. The minimum atomic E-state index is -1.73. The van der Waals surface area contributed by atoms with Crippen LogP contribution >= 0.6 is 15.9 Å². The third kappa shape index (κ3) is 3.85. The quantitative estimate of drug-likeness (QED) is 0.362. The summed E-state index contributed by atoms with van der Waals surface area (Å²) in [6.45, 7) is 6.76. The fourth-order valence-electron chi connectivity index (χ4n) is 3.42. The molecule has 2 bridgehead atoms. The lowest BCUT2D eigenvalue weighted by Gasteiger charge is -2.38. The van der Waals surface area contributed by atoms with Crippen LogP contribution in [0.5, 0.6) is 0 Å². The minimum absolute atomic E-state index is 0.00169. The standard InChI is InChI=1S/C21H25BrO2Si/c1-4-25(5-2,6-3)24-21-19-15-14-18(23-19)17(20(21)22)13-12-16-10-8-7-9-11-16/h7-11,14-15,18-19,21H,4-6H2,1-3H3/t18-,19+,21-/m1/s1. The van der Waals surface area contributed by atoms with Crippen LogP contribution < -0.4 is 0 Å². The first-order valence-corrected chi connectivity index (χ1v) is 12.4. The lowest BCUT2D eigenvalue weighted by Crippen LogP contribution is -2.46. The SMILES string of the molecule is CC[Si](CC)(CC)O[C@H]1C(Br)=C(C#Cc2ccccc2)[C@H]2C=C[C@@H]1O2. The number of fused-ring (bicyclic) bond motifs is 2. The van der Waals surface area contributed by atoms with Gasteiger partial charge in [0.25, 0.3) is 0 Å². The van der Waals surface area contributed by atoms with Crippen LogP contribution in [0, 0.1) is 11.8 Å². The zero-order chi connectivity index (χ0) is 17.9. The highest BCUT2D eigenvalue weighted by molar-refractivity contribution is 9.11. The molecule has 0 saturated carbocycles. The van der Waals surface area contributed by atoms with Gasteiger partial charge in [0.1, 0.15) is 18.3 Å². The van der Waals surface area contributed by atoms with E-state index in [0.717, 1.165) is 33.8 Å². The fraction of sp³-hybridized carbons (Fsp3) is 0.429. The first-order valence-electron chi connectivity index (χ1n) is 9.10. The van der Waals surface area contributed by atoms with Gasteiger partial charge in [-0.2, -0.15) is 0 Å². The maximum Gasteiger partial charge on any atom is 0.193 e. The van der Waals surface area contributed by atoms with E-state index in [2.05, 4.69) is 60.7 Å². The molecule has 2 aliphatic rings. The number of benzene rings is 1. The van der Waals surface area contributed by atoms with Crippen LogP contribution in [-0.2, 0) is 9.16 Å². The molecule has 0 N–H and O–H groups in total. The molecule has 25 heavy (non-hydrogen) atoms. The van der Waals surface area contributed by atoms with Crippen LogP contribution in [0.25, 0.3) is 0 Å². The van der Waals surface area contributed by atoms with E-state index in [1.54, 1.807) is 0 Å². The Kier molecular flexibility index (Phi) is 6.01. The van der Waals surface area contributed by atoms with Crippen LogP contribution in [0.4, 0.5) is 0 Å². The van der Waals surface area contributed by atoms with Crippen LogP contribution in [0.2, 0.25) is 18.1 Å². The summed E-state index contributed by atoms with van der Waals surface area (Å²) < 4.78 is 14.0. The number of halogens is 1. The van der Waals surface area contributed by atoms with Crippen LogP contribution in [0.1, 0.15) is 26.3 Å². The second kappa shape index (κ2) is 8.05. The Bertz CT molecular complexity index is 717. The van der Waals surface area contributed by atoms with Crippen LogP contribution in [-0.4, -0.2) is 26.6 Å². The molecule has 1 aromatic carbocycles. The highest BCUT2D eigenvalue weighted by Crippen LogP contribution is 2.39. The summed E-state index contributed by atoms with van der Waals surface area (Å²) in [6.07, 6.45) is 4.11. The van der Waals surface area contributed by atoms with Crippen molar-refractivity contribution in [2.45, 2.75) is 57.2 Å². The summed E-state index contributed by atoms with van der Waals surface area (Å²) in [6, 6.07) is 13.4. The van der Waals surface area contributed by atoms with Crippen molar-refractivity contribution in [3.8, 4) is 11.8 Å². The second-order valence-electron chi connectivity index (χ2n) is 6.57. The molecular weight excluding hydrogens is 392 g/mol. The van der Waals surface area contributed by atoms with E-state index in [-0.39, 0.29) is 18.3 Å². The average Bonchev–Trinajstić information content (AvgIpc) is 3.09. The first kappa shape index (κ1) is 18.7. The Labute approximate surface area is 160 Å². The largest absolute Gasteiger partial charge is 0.406 e. The molecule has 0 radical (unpaired) electrons. The molecular formula is C21H25BrO2Si. The summed E-state index contributed by atoms with van der Waals surface area (Å²) in [5.41, 5.74) is 2.00. The zero-order valence-corrected chi connectivity index (χ0v) is 17.7. The predicted molar refractivity (Wildman–Crippen MR) is 109 cm³/mol. The van der Waals surface area contributed by atoms with Gasteiger partial charge in [-0.25, -0.2) is 0 Å². The molecule has 0 unspecified atom stereocenters. The molecule has 2 aliphatic heterocycles. The predicted octanol–water partition coefficient (Wildman–Crippen LogP) is 5.41. The molecule has 0 aliphatic carbocycles. The number of rotatable bonds is 5. The summed E-state index contributed by atoms with van der Waals surface area (Å²) in [5, 5.41) is 0. The van der Waals surface area contributed by atoms with Crippen LogP contribution in [0.3, 0.4) is 0 Å². The molecule has 3 atom stereocenters. The van der Waals surface area contributed by atoms with Gasteiger partial charge < -0.3 is 9.16 Å². The molecule has 1 aromatic rings. The molecule has 3 rings (SSSR count). The molecule has 132 valence electrons. The average molecular weight is 417 g/mol. The van der Waals surface area contributed by atoms with Crippen molar-refractivity contribution >= 4 is 24.2 Å². The lowest BCUT2D eigenvalue weighted by atomic mass is 10.1. The maximum absolute atomic E-state index is 6.74. The van der Waals surface area contributed by atoms with E-state index in [9.17, 15) is 0 Å². The second-order valence-corrected chi connectivity index (χ2v) is 12.1. The van der Waals surface area contributed by atoms with Gasteiger partial charge in [0, 0.05) is 15.6 Å². The van der Waals surface area contributed by atoms with Crippen molar-refractivity contribution in [1.29, 1.82) is 0 Å². The Morgan fingerprint density at radius 3 is 2.36 bits per heavy atom. The van der Waals surface area contributed by atoms with E-state index in [4.69, 9.17) is 9.16 Å². The third-order valence-corrected chi connectivity index (χ3v) is 10.8. The van der Waals surface area contributed by atoms with E-state index in [0.29, 0.717) is 0 Å². The first-order chi connectivity index (χ1) is 12.1. The van der Waals surface area contributed by atoms with Crippen molar-refractivity contribution in [1.82, 2.24) is 0 Å². The molecule has 0 fully saturated rings. The van der Waals surface area contributed by atoms with Crippen LogP contribution in [0.15, 0.2) is 52.5 Å². The number of hydrogen-bond donors (Lipinski definition) is 0. The molecule has 0 amide bonds. The highest BCUT2D eigenvalue weighted by atomic mass is 79.9. The molecule has 4 heteroatoms. The maximum atomic E-state index is 6.74. The van der Waals surface area contributed by atoms with Crippen molar-refractivity contribution in [3.05, 3.63) is 58.1 Å². The third-order valence-electron chi connectivity index (χ3n) is 5.29. The van der Waals surface area contributed by atoms with Crippen molar-refractivity contribution in [2.24, 2.45) is 0 Å². The number of hydrogen-bond acceptors (Lipinski definition) is 2. The van der Waals surface area contributed by atoms with E-state index in [1.807, 2.05) is 30.3 Å². The Hall–Kier alpha value is -1.12. The summed E-state index contributed by atoms with van der Waals surface area (Å²) in [5.74, 6) is 6.58. The van der Waals surface area contributed by atoms with E-state index >= 15 is 0 Å². The number of ether oxygens (including phenoxy) is 1. The lowest BCUT2D eigenvalue weighted by molar-refractivity contribution is 0.00301. The molecule has 2 nitrogen and oxygen atoms in total. The summed E-state index contributed by atoms with van der Waals surface area (Å²) in [4.78, 5) is 0. The van der Waals surface area contributed by atoms with Crippen molar-refractivity contribution in [2.75, 3.05) is 0 Å². The van der Waals surface area contributed by atoms with Gasteiger partial charge in [-0.1, -0.05) is 78.9 Å².